The summed E-state index contributed by atoms with van der Waals surface area (Å²) in [6.07, 6.45) is 3.95. The first kappa shape index (κ1) is 10.2. The summed E-state index contributed by atoms with van der Waals surface area (Å²) in [6.45, 7) is 8.54. The van der Waals surface area contributed by atoms with Gasteiger partial charge in [-0.25, -0.2) is 0 Å². The molecule has 0 amide bonds. The normalized spacial score (nSPS) is 14.1. The maximum atomic E-state index is 3.97. The molecule has 0 radical (unpaired) electrons. The summed E-state index contributed by atoms with van der Waals surface area (Å²) in [4.78, 5) is 0. The summed E-state index contributed by atoms with van der Waals surface area (Å²) in [5.41, 5.74) is 4.17. The van der Waals surface area contributed by atoms with Gasteiger partial charge in [0.2, 0.25) is 0 Å². The van der Waals surface area contributed by atoms with E-state index in [0.717, 1.165) is 0 Å². The van der Waals surface area contributed by atoms with Crippen molar-refractivity contribution >= 4 is 6.21 Å². The van der Waals surface area contributed by atoms with E-state index in [1.165, 1.54) is 5.57 Å². The largest absolute Gasteiger partial charge is 0.313 e. The van der Waals surface area contributed by atoms with E-state index in [2.05, 4.69) is 37.4 Å². The summed E-state index contributed by atoms with van der Waals surface area (Å²) in [5, 5.41) is 3.97. The molecule has 0 aliphatic heterocycles. The molecule has 0 saturated carbocycles. The molecule has 0 rings (SSSR count). The van der Waals surface area contributed by atoms with Crippen LogP contribution < -0.4 is 5.43 Å². The number of hydrazone groups is 1. The Bertz CT molecular complexity index is 161. The summed E-state index contributed by atoms with van der Waals surface area (Å²) in [5.74, 6) is 0. The number of nitrogens with zero attached hydrogens (tertiary/aromatic N) is 1. The molecule has 2 heteroatoms. The van der Waals surface area contributed by atoms with Crippen LogP contribution in [0.3, 0.4) is 0 Å². The lowest BCUT2D eigenvalue weighted by molar-refractivity contribution is 0.525. The van der Waals surface area contributed by atoms with Crippen molar-refractivity contribution in [1.29, 1.82) is 0 Å². The molecule has 0 aliphatic carbocycles. The van der Waals surface area contributed by atoms with Crippen molar-refractivity contribution in [2.45, 2.75) is 27.7 Å². The summed E-state index contributed by atoms with van der Waals surface area (Å²) < 4.78 is 0. The van der Waals surface area contributed by atoms with Gasteiger partial charge < -0.3 is 5.43 Å². The van der Waals surface area contributed by atoms with E-state index in [1.54, 1.807) is 7.05 Å². The lowest BCUT2D eigenvalue weighted by Crippen LogP contribution is -2.11. The lowest BCUT2D eigenvalue weighted by atomic mass is 9.87. The van der Waals surface area contributed by atoms with Gasteiger partial charge in [0.05, 0.1) is 6.21 Å². The van der Waals surface area contributed by atoms with Gasteiger partial charge in [0.1, 0.15) is 0 Å². The maximum Gasteiger partial charge on any atom is 0.0502 e. The minimum Gasteiger partial charge on any atom is -0.313 e. The molecule has 0 aliphatic rings. The molecule has 0 saturated heterocycles. The number of hydrogen-bond donors (Lipinski definition) is 1. The number of nitrogens with one attached hydrogen (secondary N) is 1. The molecular formula is C9H18N2. The zero-order valence-electron chi connectivity index (χ0n) is 8.10. The fourth-order valence-electron chi connectivity index (χ4n) is 0.835. The highest BCUT2D eigenvalue weighted by atomic mass is 15.3. The van der Waals surface area contributed by atoms with Crippen molar-refractivity contribution in [1.82, 2.24) is 5.43 Å². The van der Waals surface area contributed by atoms with Crippen LogP contribution in [0.15, 0.2) is 16.8 Å². The highest BCUT2D eigenvalue weighted by molar-refractivity contribution is 5.79. The predicted molar refractivity (Wildman–Crippen MR) is 50.8 cm³/mol. The van der Waals surface area contributed by atoms with Crippen molar-refractivity contribution < 1.29 is 0 Å². The summed E-state index contributed by atoms with van der Waals surface area (Å²) >= 11 is 0. The molecular weight excluding hydrogens is 136 g/mol. The van der Waals surface area contributed by atoms with Crippen LogP contribution in [0.5, 0.6) is 0 Å². The van der Waals surface area contributed by atoms with Crippen molar-refractivity contribution in [2.24, 2.45) is 10.5 Å². The molecule has 0 spiro atoms. The average Bonchev–Trinajstić information content (AvgIpc) is 1.87. The Balaban J connectivity index is 4.33. The molecule has 0 bridgehead atoms. The molecule has 0 aromatic carbocycles. The van der Waals surface area contributed by atoms with Crippen LogP contribution in [0.1, 0.15) is 27.7 Å². The van der Waals surface area contributed by atoms with Gasteiger partial charge in [-0.2, -0.15) is 5.10 Å². The Kier molecular flexibility index (Phi) is 3.86. The number of hydrogen-bond acceptors (Lipinski definition) is 2. The van der Waals surface area contributed by atoms with Gasteiger partial charge in [-0.1, -0.05) is 26.8 Å². The van der Waals surface area contributed by atoms with Crippen molar-refractivity contribution in [3.63, 3.8) is 0 Å². The van der Waals surface area contributed by atoms with Gasteiger partial charge in [0, 0.05) is 7.05 Å². The summed E-state index contributed by atoms with van der Waals surface area (Å²) in [7, 11) is 1.80. The zero-order valence-corrected chi connectivity index (χ0v) is 8.10. The molecule has 0 aromatic heterocycles. The van der Waals surface area contributed by atoms with Crippen LogP contribution >= 0.6 is 0 Å². The molecule has 0 heterocycles. The molecule has 11 heavy (non-hydrogen) atoms. The first-order valence-electron chi connectivity index (χ1n) is 3.89. The lowest BCUT2D eigenvalue weighted by Gasteiger charge is -2.18. The second-order valence-electron chi connectivity index (χ2n) is 3.48. The average molecular weight is 154 g/mol. The third kappa shape index (κ3) is 3.81. The minimum atomic E-state index is 0.190. The fourth-order valence-corrected chi connectivity index (χ4v) is 0.835. The monoisotopic (exact) mass is 154 g/mol. The fraction of sp³-hybridized carbons (Fsp3) is 0.667. The Morgan fingerprint density at radius 1 is 1.36 bits per heavy atom. The number of allylic oxidation sites excluding steroid dienone is 2. The third-order valence-corrected chi connectivity index (χ3v) is 1.51. The molecule has 64 valence electrons. The topological polar surface area (TPSA) is 24.4 Å². The van der Waals surface area contributed by atoms with Crippen molar-refractivity contribution in [3.05, 3.63) is 11.6 Å². The van der Waals surface area contributed by atoms with Crippen LogP contribution in [0.4, 0.5) is 0 Å². The van der Waals surface area contributed by atoms with Crippen LogP contribution in [0, 0.1) is 5.41 Å². The van der Waals surface area contributed by atoms with Crippen LogP contribution in [-0.4, -0.2) is 13.3 Å². The number of rotatable bonds is 2. The SMILES string of the molecule is C/C=C(\C=N/NC)C(C)(C)C. The molecule has 0 fully saturated rings. The Morgan fingerprint density at radius 2 is 1.91 bits per heavy atom. The van der Waals surface area contributed by atoms with Crippen LogP contribution in [0.2, 0.25) is 0 Å². The van der Waals surface area contributed by atoms with Gasteiger partial charge in [-0.15, -0.1) is 0 Å². The van der Waals surface area contributed by atoms with Crippen molar-refractivity contribution in [2.75, 3.05) is 7.05 Å². The van der Waals surface area contributed by atoms with E-state index >= 15 is 0 Å². The molecule has 0 atom stereocenters. The van der Waals surface area contributed by atoms with Crippen LogP contribution in [-0.2, 0) is 0 Å². The Labute approximate surface area is 69.4 Å². The highest BCUT2D eigenvalue weighted by Crippen LogP contribution is 2.22. The third-order valence-electron chi connectivity index (χ3n) is 1.51. The van der Waals surface area contributed by atoms with E-state index in [4.69, 9.17) is 0 Å². The molecule has 0 aromatic rings. The maximum absolute atomic E-state index is 3.97. The van der Waals surface area contributed by atoms with Gasteiger partial charge in [-0.05, 0) is 17.9 Å². The van der Waals surface area contributed by atoms with E-state index in [1.807, 2.05) is 13.1 Å². The second-order valence-corrected chi connectivity index (χ2v) is 3.48. The van der Waals surface area contributed by atoms with E-state index in [9.17, 15) is 0 Å². The minimum absolute atomic E-state index is 0.190. The Hall–Kier alpha value is -0.790. The predicted octanol–water partition coefficient (Wildman–Crippen LogP) is 2.18. The van der Waals surface area contributed by atoms with E-state index < -0.39 is 0 Å². The first-order chi connectivity index (χ1) is 5.02. The summed E-state index contributed by atoms with van der Waals surface area (Å²) in [6, 6.07) is 0. The quantitative estimate of drug-likeness (QED) is 0.478. The van der Waals surface area contributed by atoms with Gasteiger partial charge in [0.15, 0.2) is 0 Å². The van der Waals surface area contributed by atoms with Gasteiger partial charge in [0.25, 0.3) is 0 Å². The van der Waals surface area contributed by atoms with Gasteiger partial charge >= 0.3 is 0 Å². The smallest absolute Gasteiger partial charge is 0.0502 e. The van der Waals surface area contributed by atoms with Crippen LogP contribution in [0.25, 0.3) is 0 Å². The van der Waals surface area contributed by atoms with E-state index in [-0.39, 0.29) is 5.41 Å². The zero-order chi connectivity index (χ0) is 8.91. The van der Waals surface area contributed by atoms with Crippen molar-refractivity contribution in [3.8, 4) is 0 Å². The Morgan fingerprint density at radius 3 is 2.18 bits per heavy atom. The molecule has 1 N–H and O–H groups in total. The second kappa shape index (κ2) is 4.16. The molecule has 2 nitrogen and oxygen atoms in total. The standard InChI is InChI=1S/C9H18N2/c1-6-8(7-11-10-5)9(2,3)4/h6-7,10H,1-5H3/b8-6+,11-7-. The first-order valence-corrected chi connectivity index (χ1v) is 3.89. The molecule has 0 unspecified atom stereocenters. The van der Waals surface area contributed by atoms with E-state index in [0.29, 0.717) is 0 Å². The highest BCUT2D eigenvalue weighted by Gasteiger charge is 2.13. The van der Waals surface area contributed by atoms with Gasteiger partial charge in [-0.3, -0.25) is 0 Å².